The molecule has 0 spiro atoms. The van der Waals surface area contributed by atoms with Crippen LogP contribution in [0.2, 0.25) is 0 Å². The van der Waals surface area contributed by atoms with Gasteiger partial charge in [-0.3, -0.25) is 4.79 Å². The third-order valence-corrected chi connectivity index (χ3v) is 6.93. The van der Waals surface area contributed by atoms with Crippen LogP contribution in [0.4, 0.5) is 15.2 Å². The Hall–Kier alpha value is -2.85. The molecule has 1 atom stereocenters. The molecule has 0 aliphatic carbocycles. The van der Waals surface area contributed by atoms with Crippen molar-refractivity contribution in [1.82, 2.24) is 4.98 Å². The van der Waals surface area contributed by atoms with Gasteiger partial charge in [0.25, 0.3) is 5.91 Å². The van der Waals surface area contributed by atoms with Crippen LogP contribution < -0.4 is 11.1 Å². The summed E-state index contributed by atoms with van der Waals surface area (Å²) in [5, 5.41) is 13.8. The van der Waals surface area contributed by atoms with Gasteiger partial charge >= 0.3 is 0 Å². The fourth-order valence-electron chi connectivity index (χ4n) is 3.91. The van der Waals surface area contributed by atoms with Crippen LogP contribution in [0.15, 0.2) is 42.5 Å². The van der Waals surface area contributed by atoms with Crippen molar-refractivity contribution in [3.05, 3.63) is 65.1 Å². The second-order valence-corrected chi connectivity index (χ2v) is 10.3. The van der Waals surface area contributed by atoms with Gasteiger partial charge in [-0.2, -0.15) is 0 Å². The van der Waals surface area contributed by atoms with E-state index in [2.05, 4.69) is 10.3 Å². The minimum atomic E-state index is -1.16. The molecule has 0 saturated carbocycles. The van der Waals surface area contributed by atoms with Gasteiger partial charge in [0, 0.05) is 23.0 Å². The maximum absolute atomic E-state index is 14.9. The Balaban J connectivity index is 1.49. The maximum Gasteiger partial charge on any atom is 0.251 e. The lowest BCUT2D eigenvalue weighted by Gasteiger charge is -2.21. The predicted molar refractivity (Wildman–Crippen MR) is 134 cm³/mol. The summed E-state index contributed by atoms with van der Waals surface area (Å²) in [6.45, 7) is 5.72. The van der Waals surface area contributed by atoms with Crippen molar-refractivity contribution in [2.24, 2.45) is 11.7 Å². The van der Waals surface area contributed by atoms with Gasteiger partial charge in [0.05, 0.1) is 36.7 Å². The van der Waals surface area contributed by atoms with Crippen LogP contribution in [0.5, 0.6) is 0 Å². The quantitative estimate of drug-likeness (QED) is 0.384. The molecule has 9 heteroatoms. The summed E-state index contributed by atoms with van der Waals surface area (Å²) in [4.78, 5) is 17.2. The minimum absolute atomic E-state index is 0.247. The number of nitrogens with one attached hydrogen (secondary N) is 1. The molecule has 186 valence electrons. The van der Waals surface area contributed by atoms with Crippen LogP contribution in [0, 0.1) is 11.7 Å². The van der Waals surface area contributed by atoms with Crippen LogP contribution in [-0.4, -0.2) is 35.8 Å². The number of aliphatic hydroxyl groups is 1. The van der Waals surface area contributed by atoms with Gasteiger partial charge in [-0.1, -0.05) is 18.2 Å². The fourth-order valence-corrected chi connectivity index (χ4v) is 5.01. The average molecular weight is 500 g/mol. The largest absolute Gasteiger partial charge is 0.386 e. The van der Waals surface area contributed by atoms with E-state index in [0.717, 1.165) is 31.7 Å². The normalized spacial score (nSPS) is 16.3. The van der Waals surface area contributed by atoms with E-state index >= 15 is 0 Å². The van der Waals surface area contributed by atoms with Crippen molar-refractivity contribution in [2.45, 2.75) is 38.9 Å². The lowest BCUT2D eigenvalue weighted by molar-refractivity contribution is 0.000441. The van der Waals surface area contributed by atoms with Gasteiger partial charge in [0.15, 0.2) is 0 Å². The number of nitrogens with two attached hydrogens (primary N) is 1. The van der Waals surface area contributed by atoms with Gasteiger partial charge in [0.2, 0.25) is 0 Å². The Morgan fingerprint density at radius 2 is 2.17 bits per heavy atom. The molecular formula is C26H30FN3O4S. The van der Waals surface area contributed by atoms with Gasteiger partial charge in [-0.25, -0.2) is 9.37 Å². The van der Waals surface area contributed by atoms with Crippen molar-refractivity contribution in [3.63, 3.8) is 0 Å². The number of amides is 1. The highest BCUT2D eigenvalue weighted by Gasteiger charge is 2.21. The van der Waals surface area contributed by atoms with Gasteiger partial charge < -0.3 is 25.6 Å². The lowest BCUT2D eigenvalue weighted by atomic mass is 9.96. The second kappa shape index (κ2) is 10.8. The summed E-state index contributed by atoms with van der Waals surface area (Å²) in [6.07, 6.45) is 2.16. The number of nitrogens with zero attached hydrogens (tertiary/aromatic N) is 1. The number of anilines is 2. The van der Waals surface area contributed by atoms with Gasteiger partial charge in [-0.05, 0) is 56.5 Å². The molecule has 3 heterocycles. The first kappa shape index (κ1) is 25.2. The summed E-state index contributed by atoms with van der Waals surface area (Å²) >= 11 is 1.21. The summed E-state index contributed by atoms with van der Waals surface area (Å²) in [5.41, 5.74) is 6.21. The number of pyridine rings is 1. The average Bonchev–Trinajstić information content (AvgIpc) is 3.23. The van der Waals surface area contributed by atoms with Crippen molar-refractivity contribution in [1.29, 1.82) is 0 Å². The van der Waals surface area contributed by atoms with Gasteiger partial charge in [0.1, 0.15) is 16.6 Å². The molecule has 4 rings (SSSR count). The van der Waals surface area contributed by atoms with Crippen LogP contribution >= 0.6 is 11.3 Å². The van der Waals surface area contributed by atoms with E-state index < -0.39 is 17.3 Å². The molecule has 1 aliphatic heterocycles. The van der Waals surface area contributed by atoms with Crippen molar-refractivity contribution < 1.29 is 23.8 Å². The van der Waals surface area contributed by atoms with E-state index in [1.54, 1.807) is 38.1 Å². The standard InChI is InChI=1S/C26H30FN3O4S/c1-26(2,32)17-8-9-19(21(27)11-17)22-12-20(24(28)31)25(35-22)30-23-7-3-6-18(29-23)15-34-14-16-5-4-10-33-13-16/h3,6-9,11-12,16,32H,4-5,10,13-15H2,1-2H3,(H2,28,31)(H,29,30). The molecule has 1 aliphatic rings. The molecule has 2 aromatic heterocycles. The molecule has 1 saturated heterocycles. The zero-order chi connectivity index (χ0) is 25.0. The van der Waals surface area contributed by atoms with Gasteiger partial charge in [-0.15, -0.1) is 11.3 Å². The zero-order valence-electron chi connectivity index (χ0n) is 19.8. The van der Waals surface area contributed by atoms with Crippen molar-refractivity contribution in [3.8, 4) is 10.4 Å². The lowest BCUT2D eigenvalue weighted by Crippen LogP contribution is -2.21. The first-order chi connectivity index (χ1) is 16.7. The van der Waals surface area contributed by atoms with E-state index in [4.69, 9.17) is 15.2 Å². The van der Waals surface area contributed by atoms with Crippen LogP contribution in [0.25, 0.3) is 10.4 Å². The van der Waals surface area contributed by atoms with E-state index in [0.29, 0.717) is 46.0 Å². The number of hydrogen-bond acceptors (Lipinski definition) is 7. The SMILES string of the molecule is CC(C)(O)c1ccc(-c2cc(C(N)=O)c(Nc3cccc(COCC4CCCOC4)n3)s2)c(F)c1. The molecule has 1 amide bonds. The summed E-state index contributed by atoms with van der Waals surface area (Å²) in [5.74, 6) is -0.182. The number of halogens is 1. The smallest absolute Gasteiger partial charge is 0.251 e. The highest BCUT2D eigenvalue weighted by atomic mass is 32.1. The number of rotatable bonds is 9. The van der Waals surface area contributed by atoms with Crippen molar-refractivity contribution in [2.75, 3.05) is 25.1 Å². The Labute approximate surface area is 208 Å². The van der Waals surface area contributed by atoms with E-state index in [1.807, 2.05) is 12.1 Å². The molecule has 1 fully saturated rings. The first-order valence-corrected chi connectivity index (χ1v) is 12.4. The molecule has 1 unspecified atom stereocenters. The Morgan fingerprint density at radius 3 is 2.86 bits per heavy atom. The number of ether oxygens (including phenoxy) is 2. The number of benzene rings is 1. The Bertz CT molecular complexity index is 1190. The first-order valence-electron chi connectivity index (χ1n) is 11.6. The third kappa shape index (κ3) is 6.43. The summed E-state index contributed by atoms with van der Waals surface area (Å²) < 4.78 is 26.2. The number of aromatic nitrogens is 1. The van der Waals surface area contributed by atoms with Crippen LogP contribution in [0.1, 0.15) is 48.3 Å². The van der Waals surface area contributed by atoms with Crippen LogP contribution in [-0.2, 0) is 21.7 Å². The second-order valence-electron chi connectivity index (χ2n) is 9.21. The number of carbonyl (C=O) groups is 1. The van der Waals surface area contributed by atoms with E-state index in [1.165, 1.54) is 17.4 Å². The Morgan fingerprint density at radius 1 is 1.34 bits per heavy atom. The topological polar surface area (TPSA) is 107 Å². The molecule has 0 bridgehead atoms. The molecule has 1 aromatic carbocycles. The molecular weight excluding hydrogens is 469 g/mol. The van der Waals surface area contributed by atoms with E-state index in [9.17, 15) is 14.3 Å². The molecule has 4 N–H and O–H groups in total. The minimum Gasteiger partial charge on any atom is -0.386 e. The summed E-state index contributed by atoms with van der Waals surface area (Å²) in [6, 6.07) is 11.6. The highest BCUT2D eigenvalue weighted by Crippen LogP contribution is 2.38. The third-order valence-electron chi connectivity index (χ3n) is 5.84. The number of hydrogen-bond donors (Lipinski definition) is 3. The zero-order valence-corrected chi connectivity index (χ0v) is 20.7. The fraction of sp³-hybridized carbons (Fsp3) is 0.385. The molecule has 0 radical (unpaired) electrons. The number of carbonyl (C=O) groups excluding carboxylic acids is 1. The summed E-state index contributed by atoms with van der Waals surface area (Å²) in [7, 11) is 0. The molecule has 3 aromatic rings. The monoisotopic (exact) mass is 499 g/mol. The predicted octanol–water partition coefficient (Wildman–Crippen LogP) is 4.96. The molecule has 35 heavy (non-hydrogen) atoms. The Kier molecular flexibility index (Phi) is 7.81. The van der Waals surface area contributed by atoms with Crippen molar-refractivity contribution >= 4 is 28.1 Å². The van der Waals surface area contributed by atoms with Crippen LogP contribution in [0.3, 0.4) is 0 Å². The molecule has 7 nitrogen and oxygen atoms in total. The number of primary amides is 1. The highest BCUT2D eigenvalue weighted by molar-refractivity contribution is 7.19. The maximum atomic E-state index is 14.9. The number of thiophene rings is 1. The van der Waals surface area contributed by atoms with E-state index in [-0.39, 0.29) is 5.56 Å².